The van der Waals surface area contributed by atoms with E-state index in [0.717, 1.165) is 36.7 Å². The molecule has 2 aliphatic rings. The predicted octanol–water partition coefficient (Wildman–Crippen LogP) is 4.43. The van der Waals surface area contributed by atoms with Crippen LogP contribution in [-0.2, 0) is 6.42 Å². The zero-order valence-corrected chi connectivity index (χ0v) is 12.8. The molecule has 1 nitrogen and oxygen atoms in total. The van der Waals surface area contributed by atoms with E-state index in [1.807, 2.05) is 12.1 Å². The lowest BCUT2D eigenvalue weighted by Gasteiger charge is -2.38. The second-order valence-electron chi connectivity index (χ2n) is 6.48. The summed E-state index contributed by atoms with van der Waals surface area (Å²) in [6.45, 7) is 0. The maximum Gasteiger partial charge on any atom is 0.137 e. The lowest BCUT2D eigenvalue weighted by Crippen LogP contribution is -2.46. The number of halogens is 2. The molecule has 0 radical (unpaired) electrons. The minimum Gasteiger partial charge on any atom is -0.325 e. The van der Waals surface area contributed by atoms with E-state index in [4.69, 9.17) is 5.73 Å². The van der Waals surface area contributed by atoms with Gasteiger partial charge in [-0.15, -0.1) is 0 Å². The molecule has 0 saturated heterocycles. The minimum absolute atomic E-state index is 0.0806. The number of rotatable bonds is 3. The molecule has 1 aromatic carbocycles. The summed E-state index contributed by atoms with van der Waals surface area (Å²) in [6, 6.07) is 5.28. The summed E-state index contributed by atoms with van der Waals surface area (Å²) in [5, 5.41) is 0. The lowest BCUT2D eigenvalue weighted by molar-refractivity contribution is 0.204. The van der Waals surface area contributed by atoms with E-state index in [2.05, 4.69) is 15.9 Å². The summed E-state index contributed by atoms with van der Waals surface area (Å²) in [5.41, 5.74) is 7.69. The van der Waals surface area contributed by atoms with Gasteiger partial charge in [-0.3, -0.25) is 0 Å². The smallest absolute Gasteiger partial charge is 0.137 e. The maximum atomic E-state index is 13.3. The van der Waals surface area contributed by atoms with Crippen LogP contribution >= 0.6 is 15.9 Å². The number of nitrogens with two attached hydrogens (primary N) is 1. The zero-order valence-electron chi connectivity index (χ0n) is 11.2. The van der Waals surface area contributed by atoms with Gasteiger partial charge in [0.1, 0.15) is 5.82 Å². The molecule has 2 saturated carbocycles. The monoisotopic (exact) mass is 325 g/mol. The molecule has 1 aromatic rings. The standard InChI is InChI=1S/C16H21BrFN/c17-14-8-11(3-6-15(14)18)9-16(19)7-1-2-13(10-16)12-4-5-12/h3,6,8,12-13H,1-2,4-5,7,9-10,19H2. The van der Waals surface area contributed by atoms with Crippen LogP contribution in [0.2, 0.25) is 0 Å². The van der Waals surface area contributed by atoms with Crippen LogP contribution in [0, 0.1) is 17.7 Å². The second kappa shape index (κ2) is 5.17. The molecule has 0 heterocycles. The molecule has 3 heteroatoms. The third kappa shape index (κ3) is 3.19. The van der Waals surface area contributed by atoms with Crippen LogP contribution in [0.1, 0.15) is 44.1 Å². The van der Waals surface area contributed by atoms with Crippen LogP contribution < -0.4 is 5.73 Å². The second-order valence-corrected chi connectivity index (χ2v) is 7.34. The van der Waals surface area contributed by atoms with Gasteiger partial charge in [-0.2, -0.15) is 0 Å². The van der Waals surface area contributed by atoms with Gasteiger partial charge in [-0.05, 0) is 77.6 Å². The average Bonchev–Trinajstić information content (AvgIpc) is 3.18. The summed E-state index contributed by atoms with van der Waals surface area (Å²) in [5.74, 6) is 1.58. The van der Waals surface area contributed by atoms with Gasteiger partial charge in [0.25, 0.3) is 0 Å². The first-order chi connectivity index (χ1) is 9.06. The average molecular weight is 326 g/mol. The molecule has 2 atom stereocenters. The number of benzene rings is 1. The highest BCUT2D eigenvalue weighted by molar-refractivity contribution is 9.10. The fourth-order valence-corrected chi connectivity index (χ4v) is 4.06. The van der Waals surface area contributed by atoms with Crippen molar-refractivity contribution in [1.82, 2.24) is 0 Å². The lowest BCUT2D eigenvalue weighted by atomic mass is 9.72. The molecule has 3 rings (SSSR count). The van der Waals surface area contributed by atoms with E-state index >= 15 is 0 Å². The first kappa shape index (κ1) is 13.6. The highest BCUT2D eigenvalue weighted by Crippen LogP contribution is 2.46. The Bertz CT molecular complexity index is 472. The fourth-order valence-electron chi connectivity index (χ4n) is 3.63. The molecule has 2 N–H and O–H groups in total. The van der Waals surface area contributed by atoms with E-state index in [0.29, 0.717) is 4.47 Å². The molecule has 0 spiro atoms. The van der Waals surface area contributed by atoms with E-state index in [1.54, 1.807) is 0 Å². The van der Waals surface area contributed by atoms with Crippen molar-refractivity contribution in [1.29, 1.82) is 0 Å². The van der Waals surface area contributed by atoms with Crippen molar-refractivity contribution < 1.29 is 4.39 Å². The molecule has 19 heavy (non-hydrogen) atoms. The van der Waals surface area contributed by atoms with Crippen molar-refractivity contribution in [3.63, 3.8) is 0 Å². The Hall–Kier alpha value is -0.410. The highest BCUT2D eigenvalue weighted by atomic mass is 79.9. The molecule has 0 aliphatic heterocycles. The van der Waals surface area contributed by atoms with Gasteiger partial charge in [0.2, 0.25) is 0 Å². The molecule has 2 aliphatic carbocycles. The molecule has 0 bridgehead atoms. The van der Waals surface area contributed by atoms with E-state index in [1.165, 1.54) is 31.7 Å². The van der Waals surface area contributed by atoms with Crippen LogP contribution in [0.5, 0.6) is 0 Å². The van der Waals surface area contributed by atoms with Gasteiger partial charge >= 0.3 is 0 Å². The quantitative estimate of drug-likeness (QED) is 0.874. The van der Waals surface area contributed by atoms with E-state index in [-0.39, 0.29) is 11.4 Å². The van der Waals surface area contributed by atoms with Gasteiger partial charge in [-0.1, -0.05) is 18.9 Å². The van der Waals surface area contributed by atoms with Gasteiger partial charge in [0.05, 0.1) is 4.47 Å². The van der Waals surface area contributed by atoms with Gasteiger partial charge < -0.3 is 5.73 Å². The summed E-state index contributed by atoms with van der Waals surface area (Å²) in [7, 11) is 0. The number of hydrogen-bond acceptors (Lipinski definition) is 1. The topological polar surface area (TPSA) is 26.0 Å². The minimum atomic E-state index is -0.200. The highest BCUT2D eigenvalue weighted by Gasteiger charge is 2.39. The summed E-state index contributed by atoms with van der Waals surface area (Å²) in [4.78, 5) is 0. The fraction of sp³-hybridized carbons (Fsp3) is 0.625. The Morgan fingerprint density at radius 1 is 1.26 bits per heavy atom. The Morgan fingerprint density at radius 3 is 2.74 bits per heavy atom. The summed E-state index contributed by atoms with van der Waals surface area (Å²) >= 11 is 3.26. The SMILES string of the molecule is NC1(Cc2ccc(F)c(Br)c2)CCCC(C2CC2)C1. The van der Waals surface area contributed by atoms with Crippen molar-refractivity contribution >= 4 is 15.9 Å². The predicted molar refractivity (Wildman–Crippen MR) is 79.4 cm³/mol. The van der Waals surface area contributed by atoms with E-state index < -0.39 is 0 Å². The zero-order chi connectivity index (χ0) is 13.5. The first-order valence-electron chi connectivity index (χ1n) is 7.29. The van der Waals surface area contributed by atoms with E-state index in [9.17, 15) is 4.39 Å². The maximum absolute atomic E-state index is 13.3. The van der Waals surface area contributed by atoms with Crippen molar-refractivity contribution in [2.45, 2.75) is 50.5 Å². The largest absolute Gasteiger partial charge is 0.325 e. The molecular formula is C16H21BrFN. The van der Waals surface area contributed by atoms with Gasteiger partial charge in [0, 0.05) is 5.54 Å². The van der Waals surface area contributed by atoms with Gasteiger partial charge in [-0.25, -0.2) is 4.39 Å². The van der Waals surface area contributed by atoms with Crippen LogP contribution in [0.3, 0.4) is 0 Å². The van der Waals surface area contributed by atoms with Crippen LogP contribution in [-0.4, -0.2) is 5.54 Å². The Labute approximate surface area is 122 Å². The molecule has 2 unspecified atom stereocenters. The van der Waals surface area contributed by atoms with Crippen LogP contribution in [0.4, 0.5) is 4.39 Å². The summed E-state index contributed by atoms with van der Waals surface area (Å²) in [6.07, 6.45) is 8.54. The number of hydrogen-bond donors (Lipinski definition) is 1. The van der Waals surface area contributed by atoms with Crippen molar-refractivity contribution in [2.24, 2.45) is 17.6 Å². The normalized spacial score (nSPS) is 31.4. The van der Waals surface area contributed by atoms with Crippen molar-refractivity contribution in [2.75, 3.05) is 0 Å². The molecular weight excluding hydrogens is 305 g/mol. The third-order valence-corrected chi connectivity index (χ3v) is 5.35. The molecule has 104 valence electrons. The summed E-state index contributed by atoms with van der Waals surface area (Å²) < 4.78 is 13.8. The van der Waals surface area contributed by atoms with Gasteiger partial charge in [0.15, 0.2) is 0 Å². The first-order valence-corrected chi connectivity index (χ1v) is 8.08. The van der Waals surface area contributed by atoms with Crippen LogP contribution in [0.15, 0.2) is 22.7 Å². The third-order valence-electron chi connectivity index (χ3n) is 4.75. The Morgan fingerprint density at radius 2 is 2.05 bits per heavy atom. The van der Waals surface area contributed by atoms with Crippen LogP contribution in [0.25, 0.3) is 0 Å². The molecule has 0 aromatic heterocycles. The Balaban J connectivity index is 1.71. The molecule has 2 fully saturated rings. The van der Waals surface area contributed by atoms with Crippen molar-refractivity contribution in [3.8, 4) is 0 Å². The Kier molecular flexibility index (Phi) is 3.69. The molecule has 0 amide bonds. The van der Waals surface area contributed by atoms with Crippen molar-refractivity contribution in [3.05, 3.63) is 34.1 Å².